The highest BCUT2D eigenvalue weighted by atomic mass is 35.5. The number of hydrogen-bond donors (Lipinski definition) is 0. The highest BCUT2D eigenvalue weighted by Gasteiger charge is 2.16. The lowest BCUT2D eigenvalue weighted by atomic mass is 10.3. The van der Waals surface area contributed by atoms with Gasteiger partial charge < -0.3 is 4.74 Å². The molecule has 0 atom stereocenters. The zero-order valence-corrected chi connectivity index (χ0v) is 14.0. The molecule has 0 radical (unpaired) electrons. The van der Waals surface area contributed by atoms with Gasteiger partial charge in [-0.3, -0.25) is 4.57 Å². The van der Waals surface area contributed by atoms with Gasteiger partial charge in [0, 0.05) is 10.4 Å². The fourth-order valence-corrected chi connectivity index (χ4v) is 3.27. The van der Waals surface area contributed by atoms with Crippen molar-refractivity contribution < 1.29 is 13.5 Å². The summed E-state index contributed by atoms with van der Waals surface area (Å²) in [7, 11) is 0. The van der Waals surface area contributed by atoms with Crippen molar-refractivity contribution in [1.82, 2.24) is 4.57 Å². The molecule has 0 amide bonds. The van der Waals surface area contributed by atoms with Gasteiger partial charge in [-0.05, 0) is 48.6 Å². The molecule has 1 heterocycles. The van der Waals surface area contributed by atoms with E-state index in [2.05, 4.69) is 0 Å². The smallest absolute Gasteiger partial charge is 0.166 e. The van der Waals surface area contributed by atoms with Crippen LogP contribution < -0.4 is 4.74 Å². The van der Waals surface area contributed by atoms with Crippen LogP contribution in [-0.4, -0.2) is 4.57 Å². The number of ether oxygens (including phenoxy) is 1. The summed E-state index contributed by atoms with van der Waals surface area (Å²) >= 11 is 12.2. The average molecular weight is 370 g/mol. The van der Waals surface area contributed by atoms with E-state index in [-0.39, 0.29) is 12.3 Å². The molecule has 1 aromatic heterocycles. The number of thiazole rings is 1. The molecule has 23 heavy (non-hydrogen) atoms. The molecule has 0 unspecified atom stereocenters. The van der Waals surface area contributed by atoms with Crippen LogP contribution in [0.15, 0.2) is 47.8 Å². The summed E-state index contributed by atoms with van der Waals surface area (Å²) in [6.07, 6.45) is 0. The molecule has 0 aliphatic carbocycles. The Bertz CT molecular complexity index is 870. The number of aromatic nitrogens is 1. The summed E-state index contributed by atoms with van der Waals surface area (Å²) in [4.78, 5) is 0. The number of halogens is 3. The van der Waals surface area contributed by atoms with Crippen LogP contribution in [0.3, 0.4) is 0 Å². The third kappa shape index (κ3) is 3.44. The first kappa shape index (κ1) is 16.1. The van der Waals surface area contributed by atoms with E-state index >= 15 is 0 Å². The molecule has 0 bridgehead atoms. The van der Waals surface area contributed by atoms with E-state index in [1.807, 2.05) is 0 Å². The fourth-order valence-electron chi connectivity index (χ4n) is 2.07. The molecule has 3 rings (SSSR count). The summed E-state index contributed by atoms with van der Waals surface area (Å²) in [5, 5.41) is 2.33. The summed E-state index contributed by atoms with van der Waals surface area (Å²) in [5.74, 6) is -0.744. The molecule has 7 heteroatoms. The lowest BCUT2D eigenvalue weighted by Gasteiger charge is -2.12. The summed E-state index contributed by atoms with van der Waals surface area (Å²) in [6, 6.07) is 10.5. The lowest BCUT2D eigenvalue weighted by Crippen LogP contribution is -2.08. The van der Waals surface area contributed by atoms with Crippen LogP contribution in [0.5, 0.6) is 5.75 Å². The van der Waals surface area contributed by atoms with Crippen molar-refractivity contribution in [2.75, 3.05) is 0 Å². The molecule has 0 fully saturated rings. The minimum atomic E-state index is -0.674. The third-order valence-electron chi connectivity index (χ3n) is 3.13. The maximum atomic E-state index is 14.0. The number of rotatable bonds is 4. The quantitative estimate of drug-likeness (QED) is 0.541. The monoisotopic (exact) mass is 369 g/mol. The molecule has 0 aliphatic heterocycles. The van der Waals surface area contributed by atoms with Gasteiger partial charge in [0.15, 0.2) is 3.95 Å². The van der Waals surface area contributed by atoms with E-state index in [1.54, 1.807) is 29.6 Å². The Labute approximate surface area is 145 Å². The molecule has 0 saturated heterocycles. The summed E-state index contributed by atoms with van der Waals surface area (Å²) < 4.78 is 35.4. The van der Waals surface area contributed by atoms with Crippen molar-refractivity contribution in [3.8, 4) is 11.4 Å². The molecule has 3 aromatic rings. The molecule has 118 valence electrons. The Hall–Kier alpha value is -1.76. The molecular weight excluding hydrogens is 360 g/mol. The normalized spacial score (nSPS) is 10.7. The van der Waals surface area contributed by atoms with E-state index < -0.39 is 11.6 Å². The van der Waals surface area contributed by atoms with Crippen molar-refractivity contribution in [2.45, 2.75) is 6.61 Å². The molecule has 2 aromatic carbocycles. The van der Waals surface area contributed by atoms with E-state index in [4.69, 9.17) is 28.6 Å². The maximum Gasteiger partial charge on any atom is 0.166 e. The third-order valence-corrected chi connectivity index (χ3v) is 4.62. The van der Waals surface area contributed by atoms with Crippen molar-refractivity contribution in [3.05, 3.63) is 74.1 Å². The zero-order valence-electron chi connectivity index (χ0n) is 11.6. The van der Waals surface area contributed by atoms with Crippen LogP contribution in [-0.2, 0) is 6.61 Å². The highest BCUT2D eigenvalue weighted by Crippen LogP contribution is 2.25. The first-order chi connectivity index (χ1) is 11.1. The van der Waals surface area contributed by atoms with E-state index in [1.165, 1.54) is 34.1 Å². The van der Waals surface area contributed by atoms with Crippen LogP contribution in [0.25, 0.3) is 5.69 Å². The van der Waals surface area contributed by atoms with Gasteiger partial charge in [0.25, 0.3) is 0 Å². The van der Waals surface area contributed by atoms with Crippen molar-refractivity contribution in [2.24, 2.45) is 0 Å². The fraction of sp³-hybridized carbons (Fsp3) is 0.0625. The number of para-hydroxylation sites is 1. The van der Waals surface area contributed by atoms with E-state index in [0.717, 1.165) is 0 Å². The number of hydrogen-bond acceptors (Lipinski definition) is 3. The van der Waals surface area contributed by atoms with E-state index in [0.29, 0.717) is 20.4 Å². The van der Waals surface area contributed by atoms with Crippen LogP contribution in [0.1, 0.15) is 5.69 Å². The minimum absolute atomic E-state index is 0.128. The van der Waals surface area contributed by atoms with Crippen LogP contribution >= 0.6 is 35.2 Å². The minimum Gasteiger partial charge on any atom is -0.487 e. The first-order valence-corrected chi connectivity index (χ1v) is 8.25. The summed E-state index contributed by atoms with van der Waals surface area (Å²) in [6.45, 7) is 0.128. The van der Waals surface area contributed by atoms with Gasteiger partial charge in [-0.25, -0.2) is 8.78 Å². The summed E-state index contributed by atoms with van der Waals surface area (Å²) in [5.41, 5.74) is 0.382. The SMILES string of the molecule is Fc1cccc(F)c1-n1c(COc2ccc(Cl)cc2)csc1=S. The number of nitrogens with zero attached hydrogens (tertiary/aromatic N) is 1. The zero-order chi connectivity index (χ0) is 16.4. The number of benzene rings is 2. The molecular formula is C16H10ClF2NOS2. The van der Waals surface area contributed by atoms with Crippen molar-refractivity contribution >= 4 is 35.2 Å². The molecule has 0 N–H and O–H groups in total. The van der Waals surface area contributed by atoms with Gasteiger partial charge in [-0.15, -0.1) is 11.3 Å². The first-order valence-electron chi connectivity index (χ1n) is 6.58. The molecule has 2 nitrogen and oxygen atoms in total. The molecule has 0 saturated carbocycles. The largest absolute Gasteiger partial charge is 0.487 e. The maximum absolute atomic E-state index is 14.0. The predicted molar refractivity (Wildman–Crippen MR) is 90.2 cm³/mol. The second kappa shape index (κ2) is 6.78. The van der Waals surface area contributed by atoms with Crippen molar-refractivity contribution in [1.29, 1.82) is 0 Å². The van der Waals surface area contributed by atoms with Gasteiger partial charge in [0.2, 0.25) is 0 Å². The standard InChI is InChI=1S/C16H10ClF2NOS2/c17-10-4-6-12(7-5-10)21-8-11-9-23-16(22)20(11)15-13(18)2-1-3-14(15)19/h1-7,9H,8H2. The van der Waals surface area contributed by atoms with Gasteiger partial charge in [-0.2, -0.15) is 0 Å². The van der Waals surface area contributed by atoms with Gasteiger partial charge in [0.1, 0.15) is 29.7 Å². The second-order valence-electron chi connectivity index (χ2n) is 4.64. The van der Waals surface area contributed by atoms with E-state index in [9.17, 15) is 8.78 Å². The highest BCUT2D eigenvalue weighted by molar-refractivity contribution is 7.73. The molecule has 0 aliphatic rings. The Kier molecular flexibility index (Phi) is 4.75. The lowest BCUT2D eigenvalue weighted by molar-refractivity contribution is 0.298. The van der Waals surface area contributed by atoms with Gasteiger partial charge in [-0.1, -0.05) is 17.7 Å². The van der Waals surface area contributed by atoms with Crippen molar-refractivity contribution in [3.63, 3.8) is 0 Å². The Morgan fingerprint density at radius 2 is 1.74 bits per heavy atom. The van der Waals surface area contributed by atoms with Crippen LogP contribution in [0.2, 0.25) is 5.02 Å². The second-order valence-corrected chi connectivity index (χ2v) is 6.58. The van der Waals surface area contributed by atoms with Gasteiger partial charge in [0.05, 0.1) is 5.69 Å². The topological polar surface area (TPSA) is 14.2 Å². The van der Waals surface area contributed by atoms with Gasteiger partial charge >= 0.3 is 0 Å². The average Bonchev–Trinajstić information content (AvgIpc) is 2.88. The van der Waals surface area contributed by atoms with Crippen LogP contribution in [0.4, 0.5) is 8.78 Å². The Balaban J connectivity index is 1.93. The van der Waals surface area contributed by atoms with Crippen LogP contribution in [0, 0.1) is 15.6 Å². The Morgan fingerprint density at radius 3 is 2.39 bits per heavy atom. The predicted octanol–water partition coefficient (Wildman–Crippen LogP) is 5.78. The Morgan fingerprint density at radius 1 is 1.09 bits per heavy atom. The molecule has 0 spiro atoms.